The standard InChI is InChI=1S/C22H17N3O2/c26-22(17-9-10-20-21(14-17)24-12-11-23-20)25-15-16-5-4-8-19(13-16)27-18-6-2-1-3-7-18/h1-14H,15H2,(H,25,26). The normalized spacial score (nSPS) is 10.5. The molecule has 0 aliphatic heterocycles. The molecule has 0 aliphatic carbocycles. The number of ether oxygens (including phenoxy) is 1. The summed E-state index contributed by atoms with van der Waals surface area (Å²) < 4.78 is 5.83. The van der Waals surface area contributed by atoms with Gasteiger partial charge in [0.05, 0.1) is 11.0 Å². The van der Waals surface area contributed by atoms with Crippen LogP contribution >= 0.6 is 0 Å². The number of aromatic nitrogens is 2. The minimum atomic E-state index is -0.156. The van der Waals surface area contributed by atoms with Crippen LogP contribution in [0, 0.1) is 0 Å². The lowest BCUT2D eigenvalue weighted by Crippen LogP contribution is -2.22. The number of carbonyl (C=O) groups excluding carboxylic acids is 1. The molecule has 1 aromatic heterocycles. The highest BCUT2D eigenvalue weighted by Gasteiger charge is 2.07. The van der Waals surface area contributed by atoms with Gasteiger partial charge in [-0.15, -0.1) is 0 Å². The van der Waals surface area contributed by atoms with Crippen LogP contribution in [0.4, 0.5) is 0 Å². The summed E-state index contributed by atoms with van der Waals surface area (Å²) in [6.45, 7) is 0.406. The molecule has 132 valence electrons. The fourth-order valence-corrected chi connectivity index (χ4v) is 2.73. The number of benzene rings is 3. The van der Waals surface area contributed by atoms with E-state index in [0.29, 0.717) is 17.6 Å². The molecule has 5 heteroatoms. The second-order valence-corrected chi connectivity index (χ2v) is 6.01. The number of fused-ring (bicyclic) bond motifs is 1. The number of amides is 1. The summed E-state index contributed by atoms with van der Waals surface area (Å²) in [7, 11) is 0. The van der Waals surface area contributed by atoms with E-state index in [4.69, 9.17) is 4.74 Å². The molecule has 3 aromatic carbocycles. The van der Waals surface area contributed by atoms with Gasteiger partial charge in [0.2, 0.25) is 0 Å². The summed E-state index contributed by atoms with van der Waals surface area (Å²) in [5.74, 6) is 1.35. The van der Waals surface area contributed by atoms with Gasteiger partial charge in [-0.1, -0.05) is 30.3 Å². The Labute approximate surface area is 156 Å². The van der Waals surface area contributed by atoms with E-state index in [1.54, 1.807) is 30.6 Å². The van der Waals surface area contributed by atoms with Gasteiger partial charge in [0, 0.05) is 24.5 Å². The van der Waals surface area contributed by atoms with Crippen molar-refractivity contribution in [2.24, 2.45) is 0 Å². The summed E-state index contributed by atoms with van der Waals surface area (Å²) >= 11 is 0. The molecule has 0 bridgehead atoms. The maximum Gasteiger partial charge on any atom is 0.251 e. The molecule has 0 atom stereocenters. The van der Waals surface area contributed by atoms with Gasteiger partial charge in [0.1, 0.15) is 11.5 Å². The second kappa shape index (κ2) is 7.66. The Morgan fingerprint density at radius 2 is 1.59 bits per heavy atom. The largest absolute Gasteiger partial charge is 0.457 e. The van der Waals surface area contributed by atoms with Gasteiger partial charge in [-0.05, 0) is 48.0 Å². The van der Waals surface area contributed by atoms with Gasteiger partial charge < -0.3 is 10.1 Å². The first kappa shape index (κ1) is 16.7. The van der Waals surface area contributed by atoms with Crippen molar-refractivity contribution in [2.75, 3.05) is 0 Å². The molecule has 1 N–H and O–H groups in total. The minimum Gasteiger partial charge on any atom is -0.457 e. The average Bonchev–Trinajstić information content (AvgIpc) is 2.73. The van der Waals surface area contributed by atoms with Crippen LogP contribution in [0.1, 0.15) is 15.9 Å². The molecule has 0 radical (unpaired) electrons. The van der Waals surface area contributed by atoms with Crippen molar-refractivity contribution < 1.29 is 9.53 Å². The second-order valence-electron chi connectivity index (χ2n) is 6.01. The third-order valence-electron chi connectivity index (χ3n) is 4.06. The number of hydrogen-bond acceptors (Lipinski definition) is 4. The molecule has 1 heterocycles. The number of hydrogen-bond donors (Lipinski definition) is 1. The number of rotatable bonds is 5. The van der Waals surface area contributed by atoms with Crippen LogP contribution in [0.15, 0.2) is 85.2 Å². The third-order valence-corrected chi connectivity index (χ3v) is 4.06. The number of nitrogens with zero attached hydrogens (tertiary/aromatic N) is 2. The SMILES string of the molecule is O=C(NCc1cccc(Oc2ccccc2)c1)c1ccc2nccnc2c1. The first-order valence-electron chi connectivity index (χ1n) is 8.59. The van der Waals surface area contributed by atoms with Crippen molar-refractivity contribution in [3.63, 3.8) is 0 Å². The third kappa shape index (κ3) is 4.10. The number of para-hydroxylation sites is 1. The molecular formula is C22H17N3O2. The fourth-order valence-electron chi connectivity index (χ4n) is 2.73. The molecule has 27 heavy (non-hydrogen) atoms. The molecule has 5 nitrogen and oxygen atoms in total. The predicted molar refractivity (Wildman–Crippen MR) is 104 cm³/mol. The fraction of sp³-hybridized carbons (Fsp3) is 0.0455. The van der Waals surface area contributed by atoms with E-state index in [2.05, 4.69) is 15.3 Å². The monoisotopic (exact) mass is 355 g/mol. The van der Waals surface area contributed by atoms with Crippen molar-refractivity contribution in [2.45, 2.75) is 6.54 Å². The van der Waals surface area contributed by atoms with Crippen molar-refractivity contribution in [1.82, 2.24) is 15.3 Å². The summed E-state index contributed by atoms with van der Waals surface area (Å²) in [6, 6.07) is 22.5. The molecule has 0 saturated heterocycles. The van der Waals surface area contributed by atoms with Crippen molar-refractivity contribution in [1.29, 1.82) is 0 Å². The molecule has 0 spiro atoms. The van der Waals surface area contributed by atoms with Gasteiger partial charge >= 0.3 is 0 Å². The van der Waals surface area contributed by atoms with E-state index >= 15 is 0 Å². The van der Waals surface area contributed by atoms with Gasteiger partial charge in [-0.3, -0.25) is 14.8 Å². The Morgan fingerprint density at radius 1 is 0.815 bits per heavy atom. The molecule has 0 unspecified atom stereocenters. The van der Waals surface area contributed by atoms with Crippen LogP contribution in [0.2, 0.25) is 0 Å². The van der Waals surface area contributed by atoms with E-state index in [9.17, 15) is 4.79 Å². The molecule has 0 aliphatic rings. The quantitative estimate of drug-likeness (QED) is 0.578. The molecule has 1 amide bonds. The van der Waals surface area contributed by atoms with E-state index in [-0.39, 0.29) is 5.91 Å². The zero-order valence-electron chi connectivity index (χ0n) is 14.5. The first-order chi connectivity index (χ1) is 13.3. The molecular weight excluding hydrogens is 338 g/mol. The summed E-state index contributed by atoms with van der Waals surface area (Å²) in [4.78, 5) is 20.9. The summed E-state index contributed by atoms with van der Waals surface area (Å²) in [5.41, 5.74) is 2.97. The van der Waals surface area contributed by atoms with E-state index in [1.165, 1.54) is 0 Å². The maximum atomic E-state index is 12.4. The Bertz CT molecular complexity index is 1080. The Balaban J connectivity index is 1.43. The Hall–Kier alpha value is -3.73. The zero-order chi connectivity index (χ0) is 18.5. The topological polar surface area (TPSA) is 64.1 Å². The lowest BCUT2D eigenvalue weighted by molar-refractivity contribution is 0.0951. The molecule has 4 rings (SSSR count). The highest BCUT2D eigenvalue weighted by atomic mass is 16.5. The van der Waals surface area contributed by atoms with Crippen molar-refractivity contribution in [3.05, 3.63) is 96.3 Å². The maximum absolute atomic E-state index is 12.4. The molecule has 4 aromatic rings. The highest BCUT2D eigenvalue weighted by molar-refractivity contribution is 5.97. The van der Waals surface area contributed by atoms with Crippen molar-refractivity contribution >= 4 is 16.9 Å². The van der Waals surface area contributed by atoms with Crippen LogP contribution < -0.4 is 10.1 Å². The summed E-state index contributed by atoms with van der Waals surface area (Å²) in [6.07, 6.45) is 3.24. The minimum absolute atomic E-state index is 0.156. The lowest BCUT2D eigenvalue weighted by atomic mass is 10.1. The number of nitrogens with one attached hydrogen (secondary N) is 1. The highest BCUT2D eigenvalue weighted by Crippen LogP contribution is 2.21. The van der Waals surface area contributed by atoms with E-state index in [0.717, 1.165) is 22.6 Å². The van der Waals surface area contributed by atoms with Gasteiger partial charge in [0.15, 0.2) is 0 Å². The first-order valence-corrected chi connectivity index (χ1v) is 8.59. The van der Waals surface area contributed by atoms with E-state index < -0.39 is 0 Å². The zero-order valence-corrected chi connectivity index (χ0v) is 14.5. The summed E-state index contributed by atoms with van der Waals surface area (Å²) in [5, 5.41) is 2.93. The smallest absolute Gasteiger partial charge is 0.251 e. The predicted octanol–water partition coefficient (Wildman–Crippen LogP) is 4.35. The van der Waals surface area contributed by atoms with Crippen LogP contribution in [0.5, 0.6) is 11.5 Å². The van der Waals surface area contributed by atoms with E-state index in [1.807, 2.05) is 54.6 Å². The van der Waals surface area contributed by atoms with Crippen LogP contribution in [-0.2, 0) is 6.54 Å². The van der Waals surface area contributed by atoms with Gasteiger partial charge in [0.25, 0.3) is 5.91 Å². The van der Waals surface area contributed by atoms with Gasteiger partial charge in [-0.2, -0.15) is 0 Å². The average molecular weight is 355 g/mol. The van der Waals surface area contributed by atoms with Crippen LogP contribution in [0.3, 0.4) is 0 Å². The van der Waals surface area contributed by atoms with Gasteiger partial charge in [-0.25, -0.2) is 0 Å². The Kier molecular flexibility index (Phi) is 4.74. The van der Waals surface area contributed by atoms with Crippen molar-refractivity contribution in [3.8, 4) is 11.5 Å². The molecule has 0 saturated carbocycles. The van der Waals surface area contributed by atoms with Crippen LogP contribution in [-0.4, -0.2) is 15.9 Å². The Morgan fingerprint density at radius 3 is 2.44 bits per heavy atom. The lowest BCUT2D eigenvalue weighted by Gasteiger charge is -2.09. The molecule has 0 fully saturated rings. The van der Waals surface area contributed by atoms with Crippen LogP contribution in [0.25, 0.3) is 11.0 Å². The number of carbonyl (C=O) groups is 1.